The van der Waals surface area contributed by atoms with E-state index >= 15 is 0 Å². The van der Waals surface area contributed by atoms with Crippen LogP contribution in [0.4, 0.5) is 13.2 Å². The van der Waals surface area contributed by atoms with Gasteiger partial charge in [0.25, 0.3) is 0 Å². The smallest absolute Gasteiger partial charge is 0.417 e. The van der Waals surface area contributed by atoms with Crippen LogP contribution < -0.4 is 9.81 Å². The fourth-order valence-corrected chi connectivity index (χ4v) is 3.40. The molecule has 0 aliphatic rings. The minimum absolute atomic E-state index is 0.110. The largest absolute Gasteiger partial charge is 0.465 e. The molecule has 0 unspecified atom stereocenters. The van der Waals surface area contributed by atoms with Gasteiger partial charge in [-0.05, 0) is 36.4 Å². The number of methoxy groups -OCH3 is 1. The molecule has 2 aromatic carbocycles. The highest BCUT2D eigenvalue weighted by Gasteiger charge is 2.34. The zero-order chi connectivity index (χ0) is 21.4. The molecule has 7 nitrogen and oxygen atoms in total. The summed E-state index contributed by atoms with van der Waals surface area (Å²) in [6, 6.07) is 7.72. The Bertz CT molecular complexity index is 1240. The SMILES string of the molecule is COC(=O)c1ccc(S(=O)(=O)Oc2ccc3c(C(F)(F)F)cc(=O)oc3c2)cc1. The van der Waals surface area contributed by atoms with Crippen LogP contribution >= 0.6 is 0 Å². The average Bonchev–Trinajstić information content (AvgIpc) is 2.65. The Morgan fingerprint density at radius 3 is 2.28 bits per heavy atom. The predicted octanol–water partition coefficient (Wildman–Crippen LogP) is 3.37. The van der Waals surface area contributed by atoms with Gasteiger partial charge in [0.1, 0.15) is 16.2 Å². The summed E-state index contributed by atoms with van der Waals surface area (Å²) in [7, 11) is -3.21. The van der Waals surface area contributed by atoms with E-state index in [1.165, 1.54) is 19.2 Å². The number of esters is 1. The number of halogens is 3. The molecule has 0 saturated heterocycles. The van der Waals surface area contributed by atoms with Gasteiger partial charge in [0.15, 0.2) is 0 Å². The fraction of sp³-hybridized carbons (Fsp3) is 0.111. The van der Waals surface area contributed by atoms with Gasteiger partial charge in [-0.1, -0.05) is 0 Å². The zero-order valence-corrected chi connectivity index (χ0v) is 15.3. The summed E-state index contributed by atoms with van der Waals surface area (Å²) in [5.41, 5.74) is -2.84. The van der Waals surface area contributed by atoms with Crippen molar-refractivity contribution in [2.45, 2.75) is 11.1 Å². The van der Waals surface area contributed by atoms with E-state index in [2.05, 4.69) is 4.74 Å². The van der Waals surface area contributed by atoms with Gasteiger partial charge in [0.2, 0.25) is 0 Å². The number of carbonyl (C=O) groups is 1. The predicted molar refractivity (Wildman–Crippen MR) is 93.1 cm³/mol. The maximum absolute atomic E-state index is 13.1. The number of fused-ring (bicyclic) bond motifs is 1. The minimum atomic E-state index is -4.80. The number of carbonyl (C=O) groups excluding carboxylic acids is 1. The molecule has 1 aromatic heterocycles. The average molecular weight is 428 g/mol. The van der Waals surface area contributed by atoms with Crippen LogP contribution in [-0.4, -0.2) is 21.5 Å². The third-order valence-corrected chi connectivity index (χ3v) is 5.05. The van der Waals surface area contributed by atoms with Crippen LogP contribution in [0, 0.1) is 0 Å². The van der Waals surface area contributed by atoms with E-state index in [-0.39, 0.29) is 16.2 Å². The normalized spacial score (nSPS) is 12.0. The van der Waals surface area contributed by atoms with Gasteiger partial charge >= 0.3 is 27.9 Å². The van der Waals surface area contributed by atoms with Gasteiger partial charge < -0.3 is 13.3 Å². The number of rotatable bonds is 4. The monoisotopic (exact) mass is 428 g/mol. The van der Waals surface area contributed by atoms with Crippen LogP contribution in [0.1, 0.15) is 15.9 Å². The highest BCUT2D eigenvalue weighted by Crippen LogP contribution is 2.35. The standard InChI is InChI=1S/C18H11F3O7S/c1-26-17(23)10-2-5-12(6-3-10)29(24,25)28-11-4-7-13-14(18(19,20)21)9-16(22)27-15(13)8-11/h2-9H,1H3. The van der Waals surface area contributed by atoms with Gasteiger partial charge in [-0.3, -0.25) is 0 Å². The first-order valence-electron chi connectivity index (χ1n) is 7.79. The quantitative estimate of drug-likeness (QED) is 0.357. The lowest BCUT2D eigenvalue weighted by Gasteiger charge is -2.11. The van der Waals surface area contributed by atoms with Crippen molar-refractivity contribution in [2.24, 2.45) is 0 Å². The number of alkyl halides is 3. The van der Waals surface area contributed by atoms with Crippen LogP contribution in [0.5, 0.6) is 5.75 Å². The zero-order valence-electron chi connectivity index (χ0n) is 14.5. The van der Waals surface area contributed by atoms with E-state index < -0.39 is 44.4 Å². The van der Waals surface area contributed by atoms with Gasteiger partial charge in [0.05, 0.1) is 18.2 Å². The van der Waals surface area contributed by atoms with Gasteiger partial charge in [0, 0.05) is 17.5 Å². The first kappa shape index (κ1) is 20.4. The van der Waals surface area contributed by atoms with Crippen LogP contribution in [0.15, 0.2) is 62.6 Å². The summed E-state index contributed by atoms with van der Waals surface area (Å²) >= 11 is 0. The summed E-state index contributed by atoms with van der Waals surface area (Å²) < 4.78 is 78.1. The molecule has 3 rings (SSSR count). The molecule has 0 aliphatic carbocycles. The number of hydrogen-bond acceptors (Lipinski definition) is 7. The van der Waals surface area contributed by atoms with E-state index in [0.717, 1.165) is 30.3 Å². The Labute approximate surface area is 161 Å². The Kier molecular flexibility index (Phi) is 5.09. The molecule has 29 heavy (non-hydrogen) atoms. The fourth-order valence-electron chi connectivity index (χ4n) is 2.48. The van der Waals surface area contributed by atoms with Gasteiger partial charge in [-0.15, -0.1) is 0 Å². The Hall–Kier alpha value is -3.34. The molecule has 11 heteroatoms. The van der Waals surface area contributed by atoms with E-state index in [4.69, 9.17) is 8.60 Å². The van der Waals surface area contributed by atoms with Crippen molar-refractivity contribution >= 4 is 27.1 Å². The third-order valence-electron chi connectivity index (χ3n) is 3.79. The second-order valence-electron chi connectivity index (χ2n) is 5.69. The number of ether oxygens (including phenoxy) is 1. The number of benzene rings is 2. The van der Waals surface area contributed by atoms with Gasteiger partial charge in [-0.2, -0.15) is 21.6 Å². The van der Waals surface area contributed by atoms with Crippen molar-refractivity contribution < 1.29 is 39.7 Å². The summed E-state index contributed by atoms with van der Waals surface area (Å²) in [6.45, 7) is 0. The molecule has 3 aromatic rings. The molecule has 1 heterocycles. The van der Waals surface area contributed by atoms with E-state index in [1.807, 2.05) is 0 Å². The molecule has 0 N–H and O–H groups in total. The lowest BCUT2D eigenvalue weighted by molar-refractivity contribution is -0.136. The van der Waals surface area contributed by atoms with Crippen molar-refractivity contribution in [3.05, 3.63) is 70.1 Å². The van der Waals surface area contributed by atoms with Crippen molar-refractivity contribution in [3.63, 3.8) is 0 Å². The summed E-state index contributed by atoms with van der Waals surface area (Å²) in [6.07, 6.45) is -4.80. The van der Waals surface area contributed by atoms with Crippen molar-refractivity contribution in [3.8, 4) is 5.75 Å². The van der Waals surface area contributed by atoms with Crippen molar-refractivity contribution in [2.75, 3.05) is 7.11 Å². The van der Waals surface area contributed by atoms with Crippen LogP contribution in [0.3, 0.4) is 0 Å². The minimum Gasteiger partial charge on any atom is -0.465 e. The van der Waals surface area contributed by atoms with Gasteiger partial charge in [-0.25, -0.2) is 9.59 Å². The first-order chi connectivity index (χ1) is 13.5. The lowest BCUT2D eigenvalue weighted by Crippen LogP contribution is -2.12. The molecule has 0 bridgehead atoms. The van der Waals surface area contributed by atoms with Crippen LogP contribution in [0.25, 0.3) is 11.0 Å². The number of hydrogen-bond donors (Lipinski definition) is 0. The summed E-state index contributed by atoms with van der Waals surface area (Å²) in [5, 5.41) is -0.427. The maximum atomic E-state index is 13.1. The summed E-state index contributed by atoms with van der Waals surface area (Å²) in [4.78, 5) is 22.5. The van der Waals surface area contributed by atoms with Crippen LogP contribution in [0.2, 0.25) is 0 Å². The highest BCUT2D eigenvalue weighted by atomic mass is 32.2. The molecule has 152 valence electrons. The van der Waals surface area contributed by atoms with E-state index in [9.17, 15) is 31.2 Å². The molecule has 0 radical (unpaired) electrons. The summed E-state index contributed by atoms with van der Waals surface area (Å²) in [5.74, 6) is -1.03. The molecule has 0 saturated carbocycles. The molecule has 0 fully saturated rings. The Morgan fingerprint density at radius 1 is 1.03 bits per heavy atom. The van der Waals surface area contributed by atoms with E-state index in [1.54, 1.807) is 0 Å². The maximum Gasteiger partial charge on any atom is 0.417 e. The second kappa shape index (κ2) is 7.24. The Balaban J connectivity index is 1.97. The molecule has 0 atom stereocenters. The Morgan fingerprint density at radius 2 is 1.69 bits per heavy atom. The highest BCUT2D eigenvalue weighted by molar-refractivity contribution is 7.87. The van der Waals surface area contributed by atoms with Crippen molar-refractivity contribution in [1.82, 2.24) is 0 Å². The lowest BCUT2D eigenvalue weighted by atomic mass is 10.1. The topological polar surface area (TPSA) is 99.9 Å². The van der Waals surface area contributed by atoms with E-state index in [0.29, 0.717) is 6.07 Å². The molecule has 0 amide bonds. The third kappa shape index (κ3) is 4.24. The molecular weight excluding hydrogens is 417 g/mol. The van der Waals surface area contributed by atoms with Crippen molar-refractivity contribution in [1.29, 1.82) is 0 Å². The first-order valence-corrected chi connectivity index (χ1v) is 9.20. The second-order valence-corrected chi connectivity index (χ2v) is 7.23. The molecule has 0 spiro atoms. The molecule has 0 aliphatic heterocycles. The molecular formula is C18H11F3O7S. The van der Waals surface area contributed by atoms with Crippen LogP contribution in [-0.2, 0) is 21.0 Å².